The summed E-state index contributed by atoms with van der Waals surface area (Å²) in [6, 6.07) is 7.46. The van der Waals surface area contributed by atoms with Crippen LogP contribution in [-0.2, 0) is 5.11 Å². The summed E-state index contributed by atoms with van der Waals surface area (Å²) in [5.41, 5.74) is 0.753. The van der Waals surface area contributed by atoms with Gasteiger partial charge >= 0.3 is 0 Å². The van der Waals surface area contributed by atoms with Gasteiger partial charge in [-0.25, -0.2) is 5.11 Å². The van der Waals surface area contributed by atoms with Gasteiger partial charge in [-0.3, -0.25) is 0 Å². The van der Waals surface area contributed by atoms with Gasteiger partial charge in [0.1, 0.15) is 11.9 Å². The third-order valence-electron chi connectivity index (χ3n) is 2.11. The first-order valence-corrected chi connectivity index (χ1v) is 5.13. The Bertz CT molecular complexity index is 269. The number of benzene rings is 1. The minimum Gasteiger partial charge on any atom is -0.493 e. The van der Waals surface area contributed by atoms with Crippen LogP contribution in [0.15, 0.2) is 24.3 Å². The molecular formula is C12H17O2. The predicted octanol–water partition coefficient (Wildman–Crippen LogP) is 3.36. The summed E-state index contributed by atoms with van der Waals surface area (Å²) >= 11 is 0. The summed E-state index contributed by atoms with van der Waals surface area (Å²) in [6.45, 7) is 4.45. The molecule has 14 heavy (non-hydrogen) atoms. The number of hydrogen-bond donors (Lipinski definition) is 0. The molecule has 0 aliphatic heterocycles. The lowest BCUT2D eigenvalue weighted by Crippen LogP contribution is -2.01. The lowest BCUT2D eigenvalue weighted by Gasteiger charge is -2.11. The van der Waals surface area contributed by atoms with Gasteiger partial charge in [0.05, 0.1) is 6.61 Å². The van der Waals surface area contributed by atoms with Gasteiger partial charge in [-0.1, -0.05) is 31.5 Å². The fourth-order valence-electron chi connectivity index (χ4n) is 1.27. The van der Waals surface area contributed by atoms with Gasteiger partial charge in [-0.05, 0) is 19.4 Å². The molecular weight excluding hydrogens is 176 g/mol. The van der Waals surface area contributed by atoms with Crippen LogP contribution in [0, 0.1) is 0 Å². The van der Waals surface area contributed by atoms with Crippen LogP contribution in [0.5, 0.6) is 5.75 Å². The van der Waals surface area contributed by atoms with Gasteiger partial charge in [-0.15, -0.1) is 0 Å². The molecule has 1 rings (SSSR count). The van der Waals surface area contributed by atoms with Crippen molar-refractivity contribution in [1.82, 2.24) is 0 Å². The third-order valence-corrected chi connectivity index (χ3v) is 2.11. The Morgan fingerprint density at radius 1 is 1.36 bits per heavy atom. The second-order valence-electron chi connectivity index (χ2n) is 3.38. The average molecular weight is 193 g/mol. The Morgan fingerprint density at radius 2 is 2.07 bits per heavy atom. The summed E-state index contributed by atoms with van der Waals surface area (Å²) in [7, 11) is 0. The van der Waals surface area contributed by atoms with Crippen molar-refractivity contribution < 1.29 is 9.84 Å². The number of para-hydroxylation sites is 1. The molecule has 1 aromatic rings. The van der Waals surface area contributed by atoms with E-state index in [1.165, 1.54) is 0 Å². The summed E-state index contributed by atoms with van der Waals surface area (Å²) in [4.78, 5) is 0. The molecule has 0 saturated heterocycles. The van der Waals surface area contributed by atoms with E-state index in [2.05, 4.69) is 6.92 Å². The van der Waals surface area contributed by atoms with E-state index in [0.717, 1.165) is 24.2 Å². The minimum atomic E-state index is -0.715. The predicted molar refractivity (Wildman–Crippen MR) is 55.9 cm³/mol. The minimum absolute atomic E-state index is 0.695. The number of unbranched alkanes of at least 4 members (excludes halogenated alkanes) is 1. The van der Waals surface area contributed by atoms with E-state index < -0.39 is 6.10 Å². The topological polar surface area (TPSA) is 29.1 Å². The standard InChI is InChI=1S/C12H17O2/c1-3-4-9-14-12-8-6-5-7-11(12)10(2)13/h5-8,10H,3-4,9H2,1-2H3. The molecule has 0 amide bonds. The number of rotatable bonds is 5. The number of hydrogen-bond acceptors (Lipinski definition) is 1. The lowest BCUT2D eigenvalue weighted by molar-refractivity contribution is 0.103. The molecule has 1 unspecified atom stereocenters. The van der Waals surface area contributed by atoms with Crippen molar-refractivity contribution in [3.05, 3.63) is 29.8 Å². The van der Waals surface area contributed by atoms with Crippen LogP contribution < -0.4 is 4.74 Å². The van der Waals surface area contributed by atoms with Gasteiger partial charge in [0.2, 0.25) is 0 Å². The van der Waals surface area contributed by atoms with Gasteiger partial charge < -0.3 is 4.74 Å². The lowest BCUT2D eigenvalue weighted by atomic mass is 10.1. The van der Waals surface area contributed by atoms with Crippen LogP contribution in [0.3, 0.4) is 0 Å². The van der Waals surface area contributed by atoms with E-state index in [4.69, 9.17) is 4.74 Å². The molecule has 0 spiro atoms. The molecule has 2 heteroatoms. The van der Waals surface area contributed by atoms with Gasteiger partial charge in [-0.2, -0.15) is 0 Å². The highest BCUT2D eigenvalue weighted by molar-refractivity contribution is 5.34. The van der Waals surface area contributed by atoms with Crippen molar-refractivity contribution >= 4 is 0 Å². The molecule has 0 bridgehead atoms. The van der Waals surface area contributed by atoms with Crippen LogP contribution in [-0.4, -0.2) is 6.61 Å². The van der Waals surface area contributed by atoms with Crippen molar-refractivity contribution in [3.8, 4) is 5.75 Å². The molecule has 0 N–H and O–H groups in total. The summed E-state index contributed by atoms with van der Waals surface area (Å²) in [6.07, 6.45) is 1.42. The zero-order valence-corrected chi connectivity index (χ0v) is 8.82. The fourth-order valence-corrected chi connectivity index (χ4v) is 1.27. The molecule has 0 aliphatic rings. The molecule has 0 saturated carbocycles. The SMILES string of the molecule is CCCCOc1ccccc1C(C)[O]. The van der Waals surface area contributed by atoms with Crippen LogP contribution in [0.4, 0.5) is 0 Å². The molecule has 77 valence electrons. The highest BCUT2D eigenvalue weighted by Crippen LogP contribution is 2.24. The molecule has 0 aromatic heterocycles. The fraction of sp³-hybridized carbons (Fsp3) is 0.500. The first-order valence-electron chi connectivity index (χ1n) is 5.13. The first-order chi connectivity index (χ1) is 6.75. The summed E-state index contributed by atoms with van der Waals surface area (Å²) in [5.74, 6) is 0.739. The Morgan fingerprint density at radius 3 is 2.71 bits per heavy atom. The van der Waals surface area contributed by atoms with Gasteiger partial charge in [0.25, 0.3) is 0 Å². The van der Waals surface area contributed by atoms with E-state index in [1.54, 1.807) is 6.92 Å². The van der Waals surface area contributed by atoms with Crippen molar-refractivity contribution in [2.45, 2.75) is 32.8 Å². The van der Waals surface area contributed by atoms with Crippen molar-refractivity contribution in [2.75, 3.05) is 6.61 Å². The Hall–Kier alpha value is -1.02. The largest absolute Gasteiger partial charge is 0.493 e. The van der Waals surface area contributed by atoms with E-state index in [-0.39, 0.29) is 0 Å². The molecule has 1 atom stereocenters. The van der Waals surface area contributed by atoms with Gasteiger partial charge in [0, 0.05) is 5.56 Å². The maximum absolute atomic E-state index is 11.3. The number of ether oxygens (including phenoxy) is 1. The van der Waals surface area contributed by atoms with Crippen LogP contribution in [0.1, 0.15) is 38.4 Å². The maximum atomic E-state index is 11.3. The molecule has 0 aliphatic carbocycles. The summed E-state index contributed by atoms with van der Waals surface area (Å²) < 4.78 is 5.54. The molecule has 1 radical (unpaired) electrons. The van der Waals surface area contributed by atoms with E-state index >= 15 is 0 Å². The second-order valence-corrected chi connectivity index (χ2v) is 3.38. The average Bonchev–Trinajstić information content (AvgIpc) is 2.19. The molecule has 0 heterocycles. The van der Waals surface area contributed by atoms with Gasteiger partial charge in [0.15, 0.2) is 0 Å². The molecule has 2 nitrogen and oxygen atoms in total. The van der Waals surface area contributed by atoms with Crippen LogP contribution in [0.25, 0.3) is 0 Å². The normalized spacial score (nSPS) is 12.5. The monoisotopic (exact) mass is 193 g/mol. The highest BCUT2D eigenvalue weighted by atomic mass is 16.5. The first kappa shape index (κ1) is 11.1. The van der Waals surface area contributed by atoms with E-state index in [1.807, 2.05) is 24.3 Å². The van der Waals surface area contributed by atoms with Crippen molar-refractivity contribution in [2.24, 2.45) is 0 Å². The zero-order valence-electron chi connectivity index (χ0n) is 8.82. The van der Waals surface area contributed by atoms with E-state index in [9.17, 15) is 5.11 Å². The second kappa shape index (κ2) is 5.66. The molecule has 0 fully saturated rings. The zero-order chi connectivity index (χ0) is 10.4. The van der Waals surface area contributed by atoms with Crippen LogP contribution in [0.2, 0.25) is 0 Å². The Balaban J connectivity index is 2.64. The highest BCUT2D eigenvalue weighted by Gasteiger charge is 2.08. The van der Waals surface area contributed by atoms with Crippen LogP contribution >= 0.6 is 0 Å². The quantitative estimate of drug-likeness (QED) is 0.659. The van der Waals surface area contributed by atoms with Crippen molar-refractivity contribution in [3.63, 3.8) is 0 Å². The Labute approximate surface area is 85.5 Å². The third kappa shape index (κ3) is 3.04. The van der Waals surface area contributed by atoms with E-state index in [0.29, 0.717) is 6.61 Å². The maximum Gasteiger partial charge on any atom is 0.125 e. The smallest absolute Gasteiger partial charge is 0.125 e. The summed E-state index contributed by atoms with van der Waals surface area (Å²) in [5, 5.41) is 11.3. The van der Waals surface area contributed by atoms with Crippen molar-refractivity contribution in [1.29, 1.82) is 0 Å². The molecule has 1 aromatic carbocycles. The Kier molecular flexibility index (Phi) is 4.47.